The molecule has 0 spiro atoms. The average Bonchev–Trinajstić information content (AvgIpc) is 2.88. The molecule has 2 heteroatoms. The summed E-state index contributed by atoms with van der Waals surface area (Å²) in [6.07, 6.45) is 14.6. The lowest BCUT2D eigenvalue weighted by atomic mass is 9.76. The third-order valence-electron chi connectivity index (χ3n) is 5.73. The Morgan fingerprint density at radius 1 is 1.00 bits per heavy atom. The Balaban J connectivity index is 1.68. The number of piperidine rings is 1. The van der Waals surface area contributed by atoms with Crippen LogP contribution in [0.4, 0.5) is 0 Å². The maximum absolute atomic E-state index is 11.5. The van der Waals surface area contributed by atoms with Gasteiger partial charge in [-0.25, -0.2) is 0 Å². The van der Waals surface area contributed by atoms with Crippen molar-refractivity contribution < 1.29 is 4.79 Å². The van der Waals surface area contributed by atoms with Crippen LogP contribution in [0.5, 0.6) is 0 Å². The Morgan fingerprint density at radius 2 is 1.72 bits per heavy atom. The smallest absolute Gasteiger partial charge is 0.127 e. The molecule has 1 saturated heterocycles. The van der Waals surface area contributed by atoms with E-state index in [-0.39, 0.29) is 5.41 Å². The van der Waals surface area contributed by atoms with E-state index in [1.165, 1.54) is 64.2 Å². The summed E-state index contributed by atoms with van der Waals surface area (Å²) < 4.78 is 0. The molecule has 3 aliphatic rings. The van der Waals surface area contributed by atoms with Gasteiger partial charge in [0.05, 0.1) is 0 Å². The Hall–Kier alpha value is -0.370. The maximum Gasteiger partial charge on any atom is 0.127 e. The lowest BCUT2D eigenvalue weighted by Crippen LogP contribution is -2.50. The van der Waals surface area contributed by atoms with Crippen molar-refractivity contribution in [3.8, 4) is 0 Å². The standard InChI is InChI=1S/C16H27NO/c18-13-16(9-3-4-10-16)12-17-11-5-7-14-6-1-2-8-15(14)17/h13-15H,1-12H2. The topological polar surface area (TPSA) is 20.3 Å². The van der Waals surface area contributed by atoms with Gasteiger partial charge in [-0.3, -0.25) is 4.90 Å². The molecule has 0 radical (unpaired) electrons. The first-order valence-electron chi connectivity index (χ1n) is 8.03. The molecule has 2 unspecified atom stereocenters. The second-order valence-corrected chi connectivity index (χ2v) is 6.91. The van der Waals surface area contributed by atoms with Crippen LogP contribution in [0.3, 0.4) is 0 Å². The van der Waals surface area contributed by atoms with Gasteiger partial charge in [0.1, 0.15) is 6.29 Å². The number of likely N-dealkylation sites (tertiary alicyclic amines) is 1. The highest BCUT2D eigenvalue weighted by atomic mass is 16.1. The van der Waals surface area contributed by atoms with E-state index in [9.17, 15) is 4.79 Å². The maximum atomic E-state index is 11.5. The Bertz CT molecular complexity index is 293. The van der Waals surface area contributed by atoms with Crippen LogP contribution in [0.2, 0.25) is 0 Å². The minimum Gasteiger partial charge on any atom is -0.303 e. The second-order valence-electron chi connectivity index (χ2n) is 6.91. The molecule has 1 aliphatic heterocycles. The highest BCUT2D eigenvalue weighted by molar-refractivity contribution is 5.60. The largest absolute Gasteiger partial charge is 0.303 e. The van der Waals surface area contributed by atoms with Crippen molar-refractivity contribution in [3.05, 3.63) is 0 Å². The number of carbonyl (C=O) groups is 1. The molecule has 3 fully saturated rings. The minimum absolute atomic E-state index is 0.0271. The number of hydrogen-bond acceptors (Lipinski definition) is 2. The first kappa shape index (κ1) is 12.7. The molecule has 2 saturated carbocycles. The Kier molecular flexibility index (Phi) is 3.74. The van der Waals surface area contributed by atoms with E-state index < -0.39 is 0 Å². The van der Waals surface area contributed by atoms with Crippen molar-refractivity contribution in [3.63, 3.8) is 0 Å². The quantitative estimate of drug-likeness (QED) is 0.714. The molecular weight excluding hydrogens is 222 g/mol. The van der Waals surface area contributed by atoms with Crippen molar-refractivity contribution in [2.24, 2.45) is 11.3 Å². The number of carbonyl (C=O) groups excluding carboxylic acids is 1. The summed E-state index contributed by atoms with van der Waals surface area (Å²) in [5.41, 5.74) is 0.0271. The summed E-state index contributed by atoms with van der Waals surface area (Å²) in [5, 5.41) is 0. The van der Waals surface area contributed by atoms with Crippen molar-refractivity contribution in [2.75, 3.05) is 13.1 Å². The lowest BCUT2D eigenvalue weighted by Gasteiger charge is -2.46. The first-order chi connectivity index (χ1) is 8.83. The zero-order chi connectivity index (χ0) is 12.4. The van der Waals surface area contributed by atoms with Gasteiger partial charge in [0.25, 0.3) is 0 Å². The second kappa shape index (κ2) is 5.32. The van der Waals surface area contributed by atoms with Gasteiger partial charge < -0.3 is 4.79 Å². The SMILES string of the molecule is O=CC1(CN2CCCC3CCCCC32)CCCC1. The summed E-state index contributed by atoms with van der Waals surface area (Å²) in [6.45, 7) is 2.31. The third kappa shape index (κ3) is 2.36. The van der Waals surface area contributed by atoms with Crippen LogP contribution in [0.25, 0.3) is 0 Å². The minimum atomic E-state index is 0.0271. The molecule has 0 aromatic rings. The fraction of sp³-hybridized carbons (Fsp3) is 0.938. The van der Waals surface area contributed by atoms with E-state index >= 15 is 0 Å². The van der Waals surface area contributed by atoms with Gasteiger partial charge in [-0.15, -0.1) is 0 Å². The van der Waals surface area contributed by atoms with Crippen LogP contribution in [-0.4, -0.2) is 30.3 Å². The van der Waals surface area contributed by atoms with Crippen LogP contribution in [0.1, 0.15) is 64.2 Å². The number of hydrogen-bond donors (Lipinski definition) is 0. The summed E-state index contributed by atoms with van der Waals surface area (Å²) in [4.78, 5) is 14.2. The molecule has 0 aromatic heterocycles. The lowest BCUT2D eigenvalue weighted by molar-refractivity contribution is -0.118. The molecule has 0 N–H and O–H groups in total. The van der Waals surface area contributed by atoms with E-state index in [2.05, 4.69) is 4.90 Å². The number of rotatable bonds is 3. The van der Waals surface area contributed by atoms with E-state index in [0.717, 1.165) is 31.3 Å². The molecule has 0 amide bonds. The van der Waals surface area contributed by atoms with Crippen molar-refractivity contribution in [1.82, 2.24) is 4.90 Å². The normalized spacial score (nSPS) is 36.2. The van der Waals surface area contributed by atoms with E-state index in [1.807, 2.05) is 0 Å². The molecular formula is C16H27NO. The molecule has 0 aromatic carbocycles. The van der Waals surface area contributed by atoms with Crippen LogP contribution in [0.15, 0.2) is 0 Å². The molecule has 18 heavy (non-hydrogen) atoms. The highest BCUT2D eigenvalue weighted by Gasteiger charge is 2.40. The van der Waals surface area contributed by atoms with E-state index in [1.54, 1.807) is 0 Å². The fourth-order valence-corrected chi connectivity index (χ4v) is 4.72. The summed E-state index contributed by atoms with van der Waals surface area (Å²) in [6, 6.07) is 0.810. The first-order valence-corrected chi connectivity index (χ1v) is 8.03. The van der Waals surface area contributed by atoms with Gasteiger partial charge in [-0.2, -0.15) is 0 Å². The average molecular weight is 249 g/mol. The van der Waals surface area contributed by atoms with Crippen LogP contribution in [0, 0.1) is 11.3 Å². The van der Waals surface area contributed by atoms with Gasteiger partial charge in [0, 0.05) is 18.0 Å². The van der Waals surface area contributed by atoms with Crippen molar-refractivity contribution in [1.29, 1.82) is 0 Å². The monoisotopic (exact) mass is 249 g/mol. The van der Waals surface area contributed by atoms with Gasteiger partial charge in [-0.05, 0) is 51.0 Å². The molecule has 102 valence electrons. The zero-order valence-corrected chi connectivity index (χ0v) is 11.6. The van der Waals surface area contributed by atoms with Crippen molar-refractivity contribution >= 4 is 6.29 Å². The van der Waals surface area contributed by atoms with Crippen LogP contribution in [-0.2, 0) is 4.79 Å². The van der Waals surface area contributed by atoms with Crippen molar-refractivity contribution in [2.45, 2.75) is 70.3 Å². The fourth-order valence-electron chi connectivity index (χ4n) is 4.72. The molecule has 2 nitrogen and oxygen atoms in total. The number of nitrogens with zero attached hydrogens (tertiary/aromatic N) is 1. The molecule has 0 bridgehead atoms. The molecule has 3 rings (SSSR count). The Labute approximate surface area is 111 Å². The van der Waals surface area contributed by atoms with Crippen LogP contribution >= 0.6 is 0 Å². The van der Waals surface area contributed by atoms with Crippen LogP contribution < -0.4 is 0 Å². The van der Waals surface area contributed by atoms with Gasteiger partial charge in [0.2, 0.25) is 0 Å². The summed E-state index contributed by atoms with van der Waals surface area (Å²) in [5.74, 6) is 0.942. The Morgan fingerprint density at radius 3 is 2.50 bits per heavy atom. The molecule has 2 aliphatic carbocycles. The number of fused-ring (bicyclic) bond motifs is 1. The van der Waals surface area contributed by atoms with Gasteiger partial charge in [0.15, 0.2) is 0 Å². The van der Waals surface area contributed by atoms with E-state index in [4.69, 9.17) is 0 Å². The summed E-state index contributed by atoms with van der Waals surface area (Å²) >= 11 is 0. The predicted molar refractivity (Wildman–Crippen MR) is 73.5 cm³/mol. The predicted octanol–water partition coefficient (Wildman–Crippen LogP) is 3.40. The van der Waals surface area contributed by atoms with E-state index in [0.29, 0.717) is 0 Å². The highest BCUT2D eigenvalue weighted by Crippen LogP contribution is 2.41. The molecule has 2 atom stereocenters. The molecule has 1 heterocycles. The summed E-state index contributed by atoms with van der Waals surface area (Å²) in [7, 11) is 0. The van der Waals surface area contributed by atoms with Gasteiger partial charge in [-0.1, -0.05) is 25.7 Å². The zero-order valence-electron chi connectivity index (χ0n) is 11.6. The number of aldehydes is 1. The third-order valence-corrected chi connectivity index (χ3v) is 5.73. The van der Waals surface area contributed by atoms with Gasteiger partial charge >= 0.3 is 0 Å².